The Morgan fingerprint density at radius 3 is 2.35 bits per heavy atom. The van der Waals surface area contributed by atoms with Gasteiger partial charge in [-0.2, -0.15) is 0 Å². The summed E-state index contributed by atoms with van der Waals surface area (Å²) in [7, 11) is 0. The second-order valence-corrected chi connectivity index (χ2v) is 5.91. The molecule has 4 heteroatoms. The molecule has 1 aliphatic carbocycles. The molecule has 1 saturated carbocycles. The van der Waals surface area contributed by atoms with Crippen molar-refractivity contribution < 1.29 is 9.53 Å². The van der Waals surface area contributed by atoms with Gasteiger partial charge in [0.05, 0.1) is 0 Å². The second kappa shape index (κ2) is 6.24. The molecule has 0 saturated heterocycles. The van der Waals surface area contributed by atoms with Gasteiger partial charge in [0.25, 0.3) is 0 Å². The summed E-state index contributed by atoms with van der Waals surface area (Å²) in [5.74, 6) is 0. The first kappa shape index (κ1) is 14.3. The highest BCUT2D eigenvalue weighted by molar-refractivity contribution is 5.68. The van der Waals surface area contributed by atoms with Gasteiger partial charge in [-0.1, -0.05) is 25.7 Å². The number of amides is 1. The molecule has 0 aromatic carbocycles. The lowest BCUT2D eigenvalue weighted by Gasteiger charge is -2.28. The molecule has 2 atom stereocenters. The number of nitrogens with one attached hydrogen (secondary N) is 1. The molecule has 17 heavy (non-hydrogen) atoms. The van der Waals surface area contributed by atoms with E-state index >= 15 is 0 Å². The molecule has 0 radical (unpaired) electrons. The SMILES string of the molecule is CC(C)(C)OC(=O)N[C@@H]1CCCCCC[C@@H]1N. The summed E-state index contributed by atoms with van der Waals surface area (Å²) in [4.78, 5) is 11.7. The minimum absolute atomic E-state index is 0.0582. The van der Waals surface area contributed by atoms with Crippen LogP contribution in [0, 0.1) is 0 Å². The zero-order valence-corrected chi connectivity index (χ0v) is 11.3. The number of rotatable bonds is 1. The maximum absolute atomic E-state index is 11.7. The Balaban J connectivity index is 2.43. The van der Waals surface area contributed by atoms with Crippen molar-refractivity contribution in [2.75, 3.05) is 0 Å². The number of carbonyl (C=O) groups excluding carboxylic acids is 1. The molecule has 1 rings (SSSR count). The van der Waals surface area contributed by atoms with E-state index in [1.165, 1.54) is 12.8 Å². The van der Waals surface area contributed by atoms with Gasteiger partial charge in [-0.25, -0.2) is 4.79 Å². The van der Waals surface area contributed by atoms with Crippen molar-refractivity contribution in [1.82, 2.24) is 5.32 Å². The predicted octanol–water partition coefficient (Wildman–Crippen LogP) is 2.56. The van der Waals surface area contributed by atoms with E-state index in [4.69, 9.17) is 10.5 Å². The first-order chi connectivity index (χ1) is 7.88. The maximum atomic E-state index is 11.7. The average Bonchev–Trinajstić information content (AvgIpc) is 2.15. The van der Waals surface area contributed by atoms with Gasteiger partial charge in [0.2, 0.25) is 0 Å². The summed E-state index contributed by atoms with van der Waals surface area (Å²) in [5, 5.41) is 2.91. The van der Waals surface area contributed by atoms with Crippen molar-refractivity contribution in [2.24, 2.45) is 5.73 Å². The Bertz CT molecular complexity index is 248. The summed E-state index contributed by atoms with van der Waals surface area (Å²) in [6.45, 7) is 5.60. The molecule has 0 aliphatic heterocycles. The van der Waals surface area contributed by atoms with E-state index in [0.29, 0.717) is 0 Å². The number of ether oxygens (including phenoxy) is 1. The molecule has 4 nitrogen and oxygen atoms in total. The van der Waals surface area contributed by atoms with Gasteiger partial charge in [0.1, 0.15) is 5.60 Å². The number of hydrogen-bond acceptors (Lipinski definition) is 3. The normalized spacial score (nSPS) is 26.8. The number of alkyl carbamates (subject to hydrolysis) is 1. The van der Waals surface area contributed by atoms with Crippen LogP contribution in [0.4, 0.5) is 4.79 Å². The molecule has 0 bridgehead atoms. The summed E-state index contributed by atoms with van der Waals surface area (Å²) < 4.78 is 5.26. The van der Waals surface area contributed by atoms with Crippen molar-refractivity contribution in [2.45, 2.75) is 77.0 Å². The van der Waals surface area contributed by atoms with Crippen molar-refractivity contribution in [1.29, 1.82) is 0 Å². The van der Waals surface area contributed by atoms with Gasteiger partial charge in [-0.3, -0.25) is 0 Å². The number of hydrogen-bond donors (Lipinski definition) is 2. The molecule has 3 N–H and O–H groups in total. The van der Waals surface area contributed by atoms with E-state index in [1.807, 2.05) is 20.8 Å². The average molecular weight is 242 g/mol. The van der Waals surface area contributed by atoms with Crippen LogP contribution in [0.1, 0.15) is 59.3 Å². The fraction of sp³-hybridized carbons (Fsp3) is 0.923. The Kier molecular flexibility index (Phi) is 5.25. The first-order valence-electron chi connectivity index (χ1n) is 6.63. The zero-order valence-electron chi connectivity index (χ0n) is 11.3. The van der Waals surface area contributed by atoms with E-state index in [2.05, 4.69) is 5.32 Å². The molecule has 0 unspecified atom stereocenters. The molecule has 1 amide bonds. The van der Waals surface area contributed by atoms with Crippen LogP contribution in [0.5, 0.6) is 0 Å². The standard InChI is InChI=1S/C13H26N2O2/c1-13(2,3)17-12(16)15-11-9-7-5-4-6-8-10(11)14/h10-11H,4-9,14H2,1-3H3,(H,15,16)/t10-,11+/m0/s1. The highest BCUT2D eigenvalue weighted by Gasteiger charge is 2.24. The Hall–Kier alpha value is -0.770. The van der Waals surface area contributed by atoms with Gasteiger partial charge in [-0.15, -0.1) is 0 Å². The van der Waals surface area contributed by atoms with E-state index < -0.39 is 5.60 Å². The molecular weight excluding hydrogens is 216 g/mol. The molecule has 100 valence electrons. The molecule has 0 heterocycles. The van der Waals surface area contributed by atoms with Gasteiger partial charge in [0.15, 0.2) is 0 Å². The van der Waals surface area contributed by atoms with Crippen LogP contribution in [0.2, 0.25) is 0 Å². The van der Waals surface area contributed by atoms with Gasteiger partial charge >= 0.3 is 6.09 Å². The molecule has 0 aromatic rings. The Labute approximate surface area is 104 Å². The van der Waals surface area contributed by atoms with Crippen molar-refractivity contribution >= 4 is 6.09 Å². The lowest BCUT2D eigenvalue weighted by molar-refractivity contribution is 0.0490. The fourth-order valence-electron chi connectivity index (χ4n) is 2.15. The minimum Gasteiger partial charge on any atom is -0.444 e. The summed E-state index contributed by atoms with van der Waals surface area (Å²) >= 11 is 0. The smallest absolute Gasteiger partial charge is 0.407 e. The summed E-state index contributed by atoms with van der Waals surface area (Å²) in [6, 6.07) is 0.118. The summed E-state index contributed by atoms with van der Waals surface area (Å²) in [5.41, 5.74) is 5.64. The van der Waals surface area contributed by atoms with Gasteiger partial charge in [0, 0.05) is 12.1 Å². The molecule has 1 aliphatic rings. The topological polar surface area (TPSA) is 64.3 Å². The third-order valence-electron chi connectivity index (χ3n) is 3.02. The highest BCUT2D eigenvalue weighted by Crippen LogP contribution is 2.17. The molecule has 0 aromatic heterocycles. The predicted molar refractivity (Wildman–Crippen MR) is 68.8 cm³/mol. The van der Waals surface area contributed by atoms with Crippen molar-refractivity contribution in [3.8, 4) is 0 Å². The first-order valence-corrected chi connectivity index (χ1v) is 6.63. The highest BCUT2D eigenvalue weighted by atomic mass is 16.6. The third-order valence-corrected chi connectivity index (χ3v) is 3.02. The van der Waals surface area contributed by atoms with E-state index in [-0.39, 0.29) is 18.2 Å². The number of nitrogens with two attached hydrogens (primary N) is 1. The van der Waals surface area contributed by atoms with Crippen molar-refractivity contribution in [3.63, 3.8) is 0 Å². The van der Waals surface area contributed by atoms with Crippen LogP contribution in [-0.2, 0) is 4.74 Å². The van der Waals surface area contributed by atoms with Crippen LogP contribution in [0.25, 0.3) is 0 Å². The van der Waals surface area contributed by atoms with Crippen molar-refractivity contribution in [3.05, 3.63) is 0 Å². The lowest BCUT2D eigenvalue weighted by Crippen LogP contribution is -2.49. The Morgan fingerprint density at radius 1 is 1.18 bits per heavy atom. The van der Waals surface area contributed by atoms with Crippen LogP contribution in [-0.4, -0.2) is 23.8 Å². The Morgan fingerprint density at radius 2 is 1.76 bits per heavy atom. The molecular formula is C13H26N2O2. The van der Waals surface area contributed by atoms with E-state index in [9.17, 15) is 4.79 Å². The third kappa shape index (κ3) is 5.91. The van der Waals surface area contributed by atoms with Gasteiger partial charge < -0.3 is 15.8 Å². The summed E-state index contributed by atoms with van der Waals surface area (Å²) in [6.07, 6.45) is 6.38. The minimum atomic E-state index is -0.449. The zero-order chi connectivity index (χ0) is 12.9. The quantitative estimate of drug-likeness (QED) is 0.742. The fourth-order valence-corrected chi connectivity index (χ4v) is 2.15. The second-order valence-electron chi connectivity index (χ2n) is 5.91. The van der Waals surface area contributed by atoms with Crippen LogP contribution in [0.15, 0.2) is 0 Å². The van der Waals surface area contributed by atoms with Crippen LogP contribution < -0.4 is 11.1 Å². The van der Waals surface area contributed by atoms with Crippen LogP contribution >= 0.6 is 0 Å². The maximum Gasteiger partial charge on any atom is 0.407 e. The lowest BCUT2D eigenvalue weighted by atomic mass is 9.93. The largest absolute Gasteiger partial charge is 0.444 e. The number of carbonyl (C=O) groups is 1. The molecule has 0 spiro atoms. The van der Waals surface area contributed by atoms with Gasteiger partial charge in [-0.05, 0) is 33.6 Å². The van der Waals surface area contributed by atoms with E-state index in [0.717, 1.165) is 25.7 Å². The van der Waals surface area contributed by atoms with Crippen LogP contribution in [0.3, 0.4) is 0 Å². The van der Waals surface area contributed by atoms with E-state index in [1.54, 1.807) is 0 Å². The monoisotopic (exact) mass is 242 g/mol. The molecule has 1 fully saturated rings.